The number of hydrogen-bond donors (Lipinski definition) is 1. The lowest BCUT2D eigenvalue weighted by Gasteiger charge is -2.29. The van der Waals surface area contributed by atoms with Crippen molar-refractivity contribution >= 4 is 11.9 Å². The normalized spacial score (nSPS) is 16.8. The van der Waals surface area contributed by atoms with Crippen LogP contribution in [0.4, 0.5) is 0 Å². The van der Waals surface area contributed by atoms with Crippen molar-refractivity contribution in [2.45, 2.75) is 51.0 Å². The summed E-state index contributed by atoms with van der Waals surface area (Å²) in [7, 11) is 1.83. The van der Waals surface area contributed by atoms with Crippen molar-refractivity contribution < 1.29 is 14.7 Å². The maximum Gasteiger partial charge on any atom is 0.354 e. The molecule has 1 aromatic heterocycles. The molecule has 5 heteroatoms. The van der Waals surface area contributed by atoms with Gasteiger partial charge in [-0.3, -0.25) is 4.79 Å². The van der Waals surface area contributed by atoms with E-state index in [4.69, 9.17) is 5.11 Å². The van der Waals surface area contributed by atoms with Crippen LogP contribution >= 0.6 is 0 Å². The Bertz CT molecular complexity index is 491. The van der Waals surface area contributed by atoms with Crippen molar-refractivity contribution in [3.8, 4) is 0 Å². The Kier molecular flexibility index (Phi) is 5.31. The van der Waals surface area contributed by atoms with Crippen LogP contribution in [0.15, 0.2) is 18.3 Å². The van der Waals surface area contributed by atoms with Crippen LogP contribution in [0, 0.1) is 0 Å². The molecule has 2 rings (SSSR count). The highest BCUT2D eigenvalue weighted by Crippen LogP contribution is 2.21. The Morgan fingerprint density at radius 1 is 1.14 bits per heavy atom. The monoisotopic (exact) mass is 290 g/mol. The molecule has 1 aromatic rings. The van der Waals surface area contributed by atoms with Crippen molar-refractivity contribution in [1.82, 2.24) is 9.88 Å². The van der Waals surface area contributed by atoms with Gasteiger partial charge in [0.15, 0.2) is 0 Å². The molecule has 0 spiro atoms. The molecule has 0 aliphatic heterocycles. The summed E-state index contributed by atoms with van der Waals surface area (Å²) in [6.07, 6.45) is 9.56. The van der Waals surface area contributed by atoms with E-state index in [0.29, 0.717) is 5.56 Å². The number of carboxylic acids is 1. The summed E-state index contributed by atoms with van der Waals surface area (Å²) >= 11 is 0. The number of nitrogens with zero attached hydrogens (tertiary/aromatic N) is 2. The van der Waals surface area contributed by atoms with E-state index >= 15 is 0 Å². The van der Waals surface area contributed by atoms with Crippen LogP contribution in [0.25, 0.3) is 0 Å². The zero-order valence-corrected chi connectivity index (χ0v) is 12.4. The van der Waals surface area contributed by atoms with E-state index in [2.05, 4.69) is 4.98 Å². The van der Waals surface area contributed by atoms with Gasteiger partial charge < -0.3 is 10.0 Å². The van der Waals surface area contributed by atoms with Gasteiger partial charge in [0.05, 0.1) is 5.56 Å². The third-order valence-corrected chi connectivity index (χ3v) is 4.17. The highest BCUT2D eigenvalue weighted by atomic mass is 16.4. The first-order valence-electron chi connectivity index (χ1n) is 7.56. The molecule has 0 bridgehead atoms. The van der Waals surface area contributed by atoms with Crippen LogP contribution in [-0.4, -0.2) is 40.0 Å². The molecule has 0 aromatic carbocycles. The van der Waals surface area contributed by atoms with E-state index in [1.165, 1.54) is 50.4 Å². The highest BCUT2D eigenvalue weighted by molar-refractivity contribution is 5.94. The fourth-order valence-electron chi connectivity index (χ4n) is 2.84. The summed E-state index contributed by atoms with van der Waals surface area (Å²) < 4.78 is 0. The lowest BCUT2D eigenvalue weighted by atomic mass is 9.95. The van der Waals surface area contributed by atoms with Crippen LogP contribution in [0.2, 0.25) is 0 Å². The Morgan fingerprint density at radius 2 is 1.76 bits per heavy atom. The van der Waals surface area contributed by atoms with Crippen LogP contribution < -0.4 is 0 Å². The number of hydrogen-bond acceptors (Lipinski definition) is 3. The molecule has 1 heterocycles. The third kappa shape index (κ3) is 4.03. The van der Waals surface area contributed by atoms with E-state index in [-0.39, 0.29) is 17.6 Å². The van der Waals surface area contributed by atoms with Gasteiger partial charge in [-0.25, -0.2) is 9.78 Å². The van der Waals surface area contributed by atoms with E-state index in [9.17, 15) is 9.59 Å². The molecule has 0 atom stereocenters. The van der Waals surface area contributed by atoms with Gasteiger partial charge in [-0.05, 0) is 25.0 Å². The second kappa shape index (κ2) is 7.20. The number of amides is 1. The minimum Gasteiger partial charge on any atom is -0.477 e. The fraction of sp³-hybridized carbons (Fsp3) is 0.562. The molecule has 1 amide bonds. The first-order valence-corrected chi connectivity index (χ1v) is 7.56. The summed E-state index contributed by atoms with van der Waals surface area (Å²) in [5.74, 6) is -1.16. The quantitative estimate of drug-likeness (QED) is 0.929. The van der Waals surface area contributed by atoms with Crippen molar-refractivity contribution in [2.75, 3.05) is 7.05 Å². The molecule has 1 aliphatic carbocycles. The lowest BCUT2D eigenvalue weighted by molar-refractivity contribution is 0.0681. The second-order valence-corrected chi connectivity index (χ2v) is 5.65. The number of rotatable bonds is 3. The largest absolute Gasteiger partial charge is 0.477 e. The SMILES string of the molecule is CN(C(=O)c1ccc(C(=O)O)nc1)C1CCCCCCC1. The van der Waals surface area contributed by atoms with Crippen molar-refractivity contribution in [1.29, 1.82) is 0 Å². The molecule has 1 aliphatic rings. The van der Waals surface area contributed by atoms with Gasteiger partial charge in [0.25, 0.3) is 5.91 Å². The van der Waals surface area contributed by atoms with Gasteiger partial charge in [0, 0.05) is 19.3 Å². The number of aromatic nitrogens is 1. The Labute approximate surface area is 125 Å². The Balaban J connectivity index is 2.04. The number of carbonyl (C=O) groups excluding carboxylic acids is 1. The number of carbonyl (C=O) groups is 2. The van der Waals surface area contributed by atoms with Crippen LogP contribution in [-0.2, 0) is 0 Å². The molecule has 1 saturated carbocycles. The first-order chi connectivity index (χ1) is 10.1. The summed E-state index contributed by atoms with van der Waals surface area (Å²) in [4.78, 5) is 28.8. The van der Waals surface area contributed by atoms with E-state index in [1.54, 1.807) is 4.90 Å². The Morgan fingerprint density at radius 3 is 2.29 bits per heavy atom. The van der Waals surface area contributed by atoms with E-state index < -0.39 is 5.97 Å². The number of aromatic carboxylic acids is 1. The fourth-order valence-corrected chi connectivity index (χ4v) is 2.84. The molecule has 1 N–H and O–H groups in total. The van der Waals surface area contributed by atoms with Gasteiger partial charge in [-0.2, -0.15) is 0 Å². The summed E-state index contributed by atoms with van der Waals surface area (Å²) in [6, 6.07) is 3.19. The average Bonchev–Trinajstić information content (AvgIpc) is 2.45. The zero-order valence-electron chi connectivity index (χ0n) is 12.4. The maximum absolute atomic E-state index is 12.5. The predicted molar refractivity (Wildman–Crippen MR) is 79.4 cm³/mol. The van der Waals surface area contributed by atoms with Gasteiger partial charge in [0.2, 0.25) is 0 Å². The van der Waals surface area contributed by atoms with Crippen molar-refractivity contribution in [3.05, 3.63) is 29.6 Å². The maximum atomic E-state index is 12.5. The predicted octanol–water partition coefficient (Wildman–Crippen LogP) is 2.96. The summed E-state index contributed by atoms with van der Waals surface area (Å²) in [5.41, 5.74) is 0.407. The number of pyridine rings is 1. The average molecular weight is 290 g/mol. The van der Waals surface area contributed by atoms with Gasteiger partial charge in [-0.1, -0.05) is 32.1 Å². The summed E-state index contributed by atoms with van der Waals surface area (Å²) in [6.45, 7) is 0. The minimum absolute atomic E-state index is 0.0415. The van der Waals surface area contributed by atoms with Gasteiger partial charge in [-0.15, -0.1) is 0 Å². The molecule has 21 heavy (non-hydrogen) atoms. The van der Waals surface area contributed by atoms with Crippen LogP contribution in [0.5, 0.6) is 0 Å². The van der Waals surface area contributed by atoms with Gasteiger partial charge >= 0.3 is 5.97 Å². The first kappa shape index (κ1) is 15.5. The van der Waals surface area contributed by atoms with Gasteiger partial charge in [0.1, 0.15) is 5.69 Å². The smallest absolute Gasteiger partial charge is 0.354 e. The standard InChI is InChI=1S/C16H22N2O3/c1-18(13-7-5-3-2-4-6-8-13)15(19)12-9-10-14(16(20)21)17-11-12/h9-11,13H,2-8H2,1H3,(H,20,21). The molecule has 114 valence electrons. The van der Waals surface area contributed by atoms with Crippen molar-refractivity contribution in [2.24, 2.45) is 0 Å². The molecule has 5 nitrogen and oxygen atoms in total. The molecular weight excluding hydrogens is 268 g/mol. The zero-order chi connectivity index (χ0) is 15.2. The van der Waals surface area contributed by atoms with Crippen LogP contribution in [0.1, 0.15) is 65.8 Å². The molecule has 0 radical (unpaired) electrons. The lowest BCUT2D eigenvalue weighted by Crippen LogP contribution is -2.37. The number of carboxylic acid groups (broad SMARTS) is 1. The van der Waals surface area contributed by atoms with E-state index in [0.717, 1.165) is 12.8 Å². The van der Waals surface area contributed by atoms with E-state index in [1.807, 2.05) is 7.05 Å². The van der Waals surface area contributed by atoms with Crippen LogP contribution in [0.3, 0.4) is 0 Å². The molecule has 0 unspecified atom stereocenters. The molecule has 1 fully saturated rings. The third-order valence-electron chi connectivity index (χ3n) is 4.17. The highest BCUT2D eigenvalue weighted by Gasteiger charge is 2.22. The Hall–Kier alpha value is -1.91. The molecular formula is C16H22N2O3. The molecule has 0 saturated heterocycles. The minimum atomic E-state index is -1.08. The topological polar surface area (TPSA) is 70.5 Å². The second-order valence-electron chi connectivity index (χ2n) is 5.65. The summed E-state index contributed by atoms with van der Waals surface area (Å²) in [5, 5.41) is 8.83. The van der Waals surface area contributed by atoms with Crippen molar-refractivity contribution in [3.63, 3.8) is 0 Å².